The molecule has 1 unspecified atom stereocenters. The molecule has 0 fully saturated rings. The van der Waals surface area contributed by atoms with E-state index in [-0.39, 0.29) is 5.15 Å². The fourth-order valence-electron chi connectivity index (χ4n) is 0.615. The number of rotatable bonds is 0. The second kappa shape index (κ2) is 2.80. The summed E-state index contributed by atoms with van der Waals surface area (Å²) in [7, 11) is 3.50. The predicted molar refractivity (Wildman–Crippen MR) is 46.1 cm³/mol. The van der Waals surface area contributed by atoms with Crippen LogP contribution < -0.4 is 11.2 Å². The van der Waals surface area contributed by atoms with Gasteiger partial charge in [-0.1, -0.05) is 11.6 Å². The lowest BCUT2D eigenvalue weighted by Crippen LogP contribution is -2.34. The Bertz CT molecular complexity index is 394. The standard InChI is InChI=1S/C5H6ClN2O2P/c1-7-4(9)2-3(6)8(11)5(7)10/h2H,11H2,1H3. The van der Waals surface area contributed by atoms with Crippen molar-refractivity contribution in [3.8, 4) is 0 Å². The van der Waals surface area contributed by atoms with Gasteiger partial charge in [-0.25, -0.2) is 4.79 Å². The molecule has 0 aliphatic heterocycles. The molecule has 0 N–H and O–H groups in total. The highest BCUT2D eigenvalue weighted by Crippen LogP contribution is 2.03. The summed E-state index contributed by atoms with van der Waals surface area (Å²) in [6.07, 6.45) is 0. The van der Waals surface area contributed by atoms with Crippen LogP contribution in [0.15, 0.2) is 15.7 Å². The van der Waals surface area contributed by atoms with Crippen molar-refractivity contribution in [3.05, 3.63) is 32.1 Å². The van der Waals surface area contributed by atoms with Gasteiger partial charge < -0.3 is 0 Å². The van der Waals surface area contributed by atoms with Crippen LogP contribution in [0.5, 0.6) is 0 Å². The van der Waals surface area contributed by atoms with Gasteiger partial charge in [0.2, 0.25) is 0 Å². The van der Waals surface area contributed by atoms with Gasteiger partial charge in [0.15, 0.2) is 0 Å². The van der Waals surface area contributed by atoms with Crippen LogP contribution in [0.1, 0.15) is 0 Å². The summed E-state index contributed by atoms with van der Waals surface area (Å²) in [5.74, 6) is 0. The summed E-state index contributed by atoms with van der Waals surface area (Å²) < 4.78 is 2.09. The number of nitrogens with zero attached hydrogens (tertiary/aromatic N) is 2. The molecule has 0 radical (unpaired) electrons. The Kier molecular flexibility index (Phi) is 2.16. The average Bonchev–Trinajstić information content (AvgIpc) is 1.97. The third kappa shape index (κ3) is 1.37. The summed E-state index contributed by atoms with van der Waals surface area (Å²) in [6, 6.07) is 1.18. The van der Waals surface area contributed by atoms with Crippen molar-refractivity contribution in [2.75, 3.05) is 0 Å². The van der Waals surface area contributed by atoms with Crippen LogP contribution >= 0.6 is 21.0 Å². The van der Waals surface area contributed by atoms with Crippen molar-refractivity contribution in [1.29, 1.82) is 0 Å². The van der Waals surface area contributed by atoms with Gasteiger partial charge in [-0.2, -0.15) is 0 Å². The SMILES string of the molecule is Cn1c(=O)cc(Cl)n(P)c1=O. The molecular formula is C5H6ClN2O2P. The summed E-state index contributed by atoms with van der Waals surface area (Å²) in [5, 5.41) is 0.114. The zero-order chi connectivity index (χ0) is 8.59. The summed E-state index contributed by atoms with van der Waals surface area (Å²) >= 11 is 5.52. The van der Waals surface area contributed by atoms with Gasteiger partial charge in [0.1, 0.15) is 5.15 Å². The lowest BCUT2D eigenvalue weighted by atomic mass is 10.6. The van der Waals surface area contributed by atoms with Gasteiger partial charge in [0.25, 0.3) is 5.56 Å². The maximum Gasteiger partial charge on any atom is 0.334 e. The molecule has 0 aliphatic rings. The Hall–Kier alpha value is -0.600. The molecule has 0 aromatic carbocycles. The van der Waals surface area contributed by atoms with Gasteiger partial charge in [-0.15, -0.1) is 0 Å². The molecule has 0 amide bonds. The fourth-order valence-corrected chi connectivity index (χ4v) is 1.03. The molecule has 4 nitrogen and oxygen atoms in total. The lowest BCUT2D eigenvalue weighted by molar-refractivity contribution is 0.760. The topological polar surface area (TPSA) is 44.0 Å². The van der Waals surface area contributed by atoms with Crippen LogP contribution in [0.3, 0.4) is 0 Å². The third-order valence-corrected chi connectivity index (χ3v) is 2.25. The Morgan fingerprint density at radius 2 is 2.09 bits per heavy atom. The van der Waals surface area contributed by atoms with Crippen molar-refractivity contribution >= 4 is 21.0 Å². The first-order valence-corrected chi connectivity index (χ1v) is 3.67. The van der Waals surface area contributed by atoms with Gasteiger partial charge in [0, 0.05) is 13.1 Å². The fraction of sp³-hybridized carbons (Fsp3) is 0.200. The minimum absolute atomic E-state index is 0.114. The van der Waals surface area contributed by atoms with E-state index in [1.54, 1.807) is 0 Å². The second-order valence-electron chi connectivity index (χ2n) is 2.02. The Labute approximate surface area is 69.7 Å². The number of hydrogen-bond acceptors (Lipinski definition) is 2. The molecule has 0 spiro atoms. The highest BCUT2D eigenvalue weighted by Gasteiger charge is 2.01. The second-order valence-corrected chi connectivity index (χ2v) is 2.92. The predicted octanol–water partition coefficient (Wildman–Crippen LogP) is -0.161. The monoisotopic (exact) mass is 192 g/mol. The van der Waals surface area contributed by atoms with E-state index in [4.69, 9.17) is 11.6 Å². The molecule has 1 aromatic rings. The molecule has 1 aromatic heterocycles. The molecular weight excluding hydrogens is 186 g/mol. The van der Waals surface area contributed by atoms with Crippen LogP contribution in [0.25, 0.3) is 0 Å². The van der Waals surface area contributed by atoms with Crippen molar-refractivity contribution in [2.24, 2.45) is 7.05 Å². The van der Waals surface area contributed by atoms with Crippen LogP contribution in [-0.2, 0) is 7.05 Å². The van der Waals surface area contributed by atoms with E-state index in [0.29, 0.717) is 0 Å². The Balaban J connectivity index is 3.74. The quantitative estimate of drug-likeness (QED) is 0.424. The van der Waals surface area contributed by atoms with E-state index in [9.17, 15) is 9.59 Å². The molecule has 0 aliphatic carbocycles. The number of halogens is 1. The maximum atomic E-state index is 11.0. The lowest BCUT2D eigenvalue weighted by Gasteiger charge is -2.01. The van der Waals surface area contributed by atoms with E-state index in [1.807, 2.05) is 0 Å². The van der Waals surface area contributed by atoms with Gasteiger partial charge in [0.05, 0.1) is 0 Å². The van der Waals surface area contributed by atoms with Crippen molar-refractivity contribution in [2.45, 2.75) is 0 Å². The zero-order valence-corrected chi connectivity index (χ0v) is 7.65. The molecule has 60 valence electrons. The molecule has 1 heterocycles. The molecule has 1 atom stereocenters. The van der Waals surface area contributed by atoms with E-state index in [0.717, 1.165) is 8.90 Å². The average molecular weight is 193 g/mol. The highest BCUT2D eigenvalue weighted by atomic mass is 35.5. The smallest absolute Gasteiger partial charge is 0.269 e. The van der Waals surface area contributed by atoms with Crippen LogP contribution in [-0.4, -0.2) is 8.90 Å². The third-order valence-electron chi connectivity index (χ3n) is 1.30. The van der Waals surface area contributed by atoms with Crippen LogP contribution in [0.4, 0.5) is 0 Å². The van der Waals surface area contributed by atoms with Crippen LogP contribution in [0.2, 0.25) is 5.15 Å². The first-order chi connectivity index (χ1) is 5.04. The van der Waals surface area contributed by atoms with E-state index >= 15 is 0 Å². The van der Waals surface area contributed by atoms with E-state index < -0.39 is 11.2 Å². The molecule has 6 heteroatoms. The summed E-state index contributed by atoms with van der Waals surface area (Å²) in [5.41, 5.74) is -0.855. The Morgan fingerprint density at radius 1 is 1.55 bits per heavy atom. The van der Waals surface area contributed by atoms with Crippen LogP contribution in [0, 0.1) is 0 Å². The highest BCUT2D eigenvalue weighted by molar-refractivity contribution is 7.14. The van der Waals surface area contributed by atoms with E-state index in [1.165, 1.54) is 13.1 Å². The molecule has 11 heavy (non-hydrogen) atoms. The van der Waals surface area contributed by atoms with Crippen molar-refractivity contribution < 1.29 is 0 Å². The molecule has 0 saturated heterocycles. The molecule has 0 bridgehead atoms. The Morgan fingerprint density at radius 3 is 2.64 bits per heavy atom. The van der Waals surface area contributed by atoms with Gasteiger partial charge in [-0.3, -0.25) is 13.7 Å². The minimum Gasteiger partial charge on any atom is -0.269 e. The number of hydrogen-bond donors (Lipinski definition) is 0. The minimum atomic E-state index is -0.451. The normalized spacial score (nSPS) is 10.1. The zero-order valence-electron chi connectivity index (χ0n) is 5.74. The molecule has 1 rings (SSSR count). The van der Waals surface area contributed by atoms with Crippen molar-refractivity contribution in [1.82, 2.24) is 8.90 Å². The van der Waals surface area contributed by atoms with Crippen molar-refractivity contribution in [3.63, 3.8) is 0 Å². The van der Waals surface area contributed by atoms with E-state index in [2.05, 4.69) is 9.39 Å². The summed E-state index contributed by atoms with van der Waals surface area (Å²) in [6.45, 7) is 0. The van der Waals surface area contributed by atoms with Gasteiger partial charge >= 0.3 is 5.69 Å². The first kappa shape index (κ1) is 8.50. The number of aromatic nitrogens is 2. The molecule has 0 saturated carbocycles. The maximum absolute atomic E-state index is 11.0. The first-order valence-electron chi connectivity index (χ1n) is 2.77. The van der Waals surface area contributed by atoms with Gasteiger partial charge in [-0.05, 0) is 9.39 Å². The largest absolute Gasteiger partial charge is 0.334 e. The summed E-state index contributed by atoms with van der Waals surface area (Å²) in [4.78, 5) is 21.9.